The second-order valence-corrected chi connectivity index (χ2v) is 5.20. The number of aromatic nitrogens is 5. The summed E-state index contributed by atoms with van der Waals surface area (Å²) >= 11 is 0. The highest BCUT2D eigenvalue weighted by molar-refractivity contribution is 5.95. The Morgan fingerprint density at radius 2 is 2.00 bits per heavy atom. The Morgan fingerprint density at radius 3 is 2.70 bits per heavy atom. The zero-order valence-corrected chi connectivity index (χ0v) is 12.9. The monoisotopic (exact) mass is 310 g/mol. The fourth-order valence-electron chi connectivity index (χ4n) is 2.49. The van der Waals surface area contributed by atoms with Crippen LogP contribution in [0.5, 0.6) is 0 Å². The predicted molar refractivity (Wildman–Crippen MR) is 84.4 cm³/mol. The zero-order valence-electron chi connectivity index (χ0n) is 12.9. The lowest BCUT2D eigenvalue weighted by molar-refractivity contribution is 0.0724. The first-order valence-corrected chi connectivity index (χ1v) is 7.49. The van der Waals surface area contributed by atoms with E-state index in [4.69, 9.17) is 0 Å². The summed E-state index contributed by atoms with van der Waals surface area (Å²) in [4.78, 5) is 17.8. The molecule has 0 atom stereocenters. The van der Waals surface area contributed by atoms with Crippen molar-refractivity contribution in [2.75, 3.05) is 0 Å². The van der Waals surface area contributed by atoms with E-state index in [2.05, 4.69) is 25.6 Å². The lowest BCUT2D eigenvalue weighted by Crippen LogP contribution is -2.31. The third-order valence-corrected chi connectivity index (χ3v) is 3.64. The van der Waals surface area contributed by atoms with E-state index in [1.54, 1.807) is 11.1 Å². The molecule has 0 saturated carbocycles. The van der Waals surface area contributed by atoms with Crippen LogP contribution >= 0.6 is 0 Å². The average molecular weight is 310 g/mol. The molecule has 7 heteroatoms. The van der Waals surface area contributed by atoms with E-state index in [0.717, 1.165) is 17.7 Å². The Hall–Kier alpha value is -2.96. The molecule has 0 aliphatic carbocycles. The summed E-state index contributed by atoms with van der Waals surface area (Å²) in [5.41, 5.74) is 2.67. The number of carbonyl (C=O) groups excluding carboxylic acids is 1. The number of hydrogen-bond acceptors (Lipinski definition) is 4. The molecule has 3 rings (SSSR count). The number of carbonyl (C=O) groups is 1. The molecule has 3 aromatic rings. The van der Waals surface area contributed by atoms with Crippen molar-refractivity contribution in [1.29, 1.82) is 0 Å². The SMILES string of the molecule is CCc1[nH]ccc1C(=O)N(Cc1ccccc1)Cc1nn[nH]n1. The van der Waals surface area contributed by atoms with Gasteiger partial charge >= 0.3 is 0 Å². The molecule has 7 nitrogen and oxygen atoms in total. The maximum absolute atomic E-state index is 12.9. The second-order valence-electron chi connectivity index (χ2n) is 5.20. The topological polar surface area (TPSA) is 90.6 Å². The Bertz CT molecular complexity index is 750. The second kappa shape index (κ2) is 6.87. The van der Waals surface area contributed by atoms with Gasteiger partial charge in [0.25, 0.3) is 5.91 Å². The summed E-state index contributed by atoms with van der Waals surface area (Å²) in [6, 6.07) is 11.7. The number of nitrogens with zero attached hydrogens (tertiary/aromatic N) is 4. The summed E-state index contributed by atoms with van der Waals surface area (Å²) in [6.07, 6.45) is 2.57. The van der Waals surface area contributed by atoms with Crippen LogP contribution in [0, 0.1) is 0 Å². The van der Waals surface area contributed by atoms with Crippen molar-refractivity contribution in [2.24, 2.45) is 0 Å². The standard InChI is InChI=1S/C16H18N6O/c1-2-14-13(8-9-17-14)16(23)22(11-15-18-20-21-19-15)10-12-6-4-3-5-7-12/h3-9,17H,2,10-11H2,1H3,(H,18,19,20,21). The number of tetrazole rings is 1. The first-order valence-electron chi connectivity index (χ1n) is 7.49. The van der Waals surface area contributed by atoms with Crippen molar-refractivity contribution in [2.45, 2.75) is 26.4 Å². The molecular formula is C16H18N6O. The van der Waals surface area contributed by atoms with Gasteiger partial charge in [-0.05, 0) is 18.1 Å². The van der Waals surface area contributed by atoms with E-state index in [1.165, 1.54) is 0 Å². The van der Waals surface area contributed by atoms with Crippen LogP contribution in [0.25, 0.3) is 0 Å². The normalized spacial score (nSPS) is 10.7. The third kappa shape index (κ3) is 3.45. The minimum atomic E-state index is -0.0447. The third-order valence-electron chi connectivity index (χ3n) is 3.64. The molecule has 118 valence electrons. The van der Waals surface area contributed by atoms with E-state index in [-0.39, 0.29) is 5.91 Å². The Morgan fingerprint density at radius 1 is 1.17 bits per heavy atom. The van der Waals surface area contributed by atoms with E-state index in [1.807, 2.05) is 43.3 Å². The highest BCUT2D eigenvalue weighted by atomic mass is 16.2. The molecule has 2 heterocycles. The summed E-state index contributed by atoms with van der Waals surface area (Å²) in [7, 11) is 0. The highest BCUT2D eigenvalue weighted by Gasteiger charge is 2.21. The van der Waals surface area contributed by atoms with Crippen molar-refractivity contribution in [3.8, 4) is 0 Å². The van der Waals surface area contributed by atoms with E-state index < -0.39 is 0 Å². The molecule has 0 spiro atoms. The number of rotatable bonds is 6. The quantitative estimate of drug-likeness (QED) is 0.728. The van der Waals surface area contributed by atoms with Gasteiger partial charge in [-0.2, -0.15) is 5.21 Å². The highest BCUT2D eigenvalue weighted by Crippen LogP contribution is 2.15. The van der Waals surface area contributed by atoms with Crippen LogP contribution in [0.3, 0.4) is 0 Å². The van der Waals surface area contributed by atoms with Crippen molar-refractivity contribution in [3.63, 3.8) is 0 Å². The molecule has 0 aliphatic rings. The van der Waals surface area contributed by atoms with Gasteiger partial charge in [-0.1, -0.05) is 42.5 Å². The van der Waals surface area contributed by atoms with Gasteiger partial charge < -0.3 is 9.88 Å². The lowest BCUT2D eigenvalue weighted by Gasteiger charge is -2.21. The Kier molecular flexibility index (Phi) is 4.46. The van der Waals surface area contributed by atoms with Crippen molar-refractivity contribution >= 4 is 5.91 Å². The van der Waals surface area contributed by atoms with Crippen LogP contribution in [0.15, 0.2) is 42.6 Å². The van der Waals surface area contributed by atoms with Gasteiger partial charge in [-0.3, -0.25) is 4.79 Å². The molecule has 0 fully saturated rings. The van der Waals surface area contributed by atoms with Crippen LogP contribution in [0.4, 0.5) is 0 Å². The van der Waals surface area contributed by atoms with E-state index in [9.17, 15) is 4.79 Å². The first-order chi connectivity index (χ1) is 11.3. The molecule has 2 N–H and O–H groups in total. The molecule has 0 saturated heterocycles. The van der Waals surface area contributed by atoms with Crippen LogP contribution in [-0.4, -0.2) is 36.4 Å². The summed E-state index contributed by atoms with van der Waals surface area (Å²) in [5, 5.41) is 13.9. The van der Waals surface area contributed by atoms with Crippen LogP contribution in [0.2, 0.25) is 0 Å². The first kappa shape index (κ1) is 15.0. The minimum Gasteiger partial charge on any atom is -0.364 e. The summed E-state index contributed by atoms with van der Waals surface area (Å²) < 4.78 is 0. The molecule has 0 bridgehead atoms. The summed E-state index contributed by atoms with van der Waals surface area (Å²) in [5.74, 6) is 0.444. The van der Waals surface area contributed by atoms with Crippen molar-refractivity contribution in [3.05, 3.63) is 65.2 Å². The lowest BCUT2D eigenvalue weighted by atomic mass is 10.1. The zero-order chi connectivity index (χ0) is 16.1. The smallest absolute Gasteiger partial charge is 0.256 e. The van der Waals surface area contributed by atoms with Gasteiger partial charge in [-0.15, -0.1) is 10.2 Å². The summed E-state index contributed by atoms with van der Waals surface area (Å²) in [6.45, 7) is 2.81. The number of hydrogen-bond donors (Lipinski definition) is 2. The maximum Gasteiger partial charge on any atom is 0.256 e. The van der Waals surface area contributed by atoms with Crippen molar-refractivity contribution < 1.29 is 4.79 Å². The number of aromatic amines is 2. The van der Waals surface area contributed by atoms with Gasteiger partial charge in [0.2, 0.25) is 0 Å². The van der Waals surface area contributed by atoms with Crippen molar-refractivity contribution in [1.82, 2.24) is 30.5 Å². The van der Waals surface area contributed by atoms with E-state index in [0.29, 0.717) is 24.5 Å². The van der Waals surface area contributed by atoms with Gasteiger partial charge in [-0.25, -0.2) is 0 Å². The molecule has 0 radical (unpaired) electrons. The molecular weight excluding hydrogens is 292 g/mol. The number of H-pyrrole nitrogens is 2. The van der Waals surface area contributed by atoms with Gasteiger partial charge in [0, 0.05) is 18.4 Å². The Balaban J connectivity index is 1.86. The Labute approximate surface area is 133 Å². The average Bonchev–Trinajstić information content (AvgIpc) is 3.25. The van der Waals surface area contributed by atoms with Gasteiger partial charge in [0.15, 0.2) is 5.82 Å². The van der Waals surface area contributed by atoms with Crippen LogP contribution in [0.1, 0.15) is 34.4 Å². The van der Waals surface area contributed by atoms with E-state index >= 15 is 0 Å². The van der Waals surface area contributed by atoms with Crippen LogP contribution < -0.4 is 0 Å². The molecule has 23 heavy (non-hydrogen) atoms. The van der Waals surface area contributed by atoms with Crippen LogP contribution in [-0.2, 0) is 19.5 Å². The number of benzene rings is 1. The molecule has 1 aromatic carbocycles. The molecule has 2 aromatic heterocycles. The molecule has 0 aliphatic heterocycles. The van der Waals surface area contributed by atoms with Gasteiger partial charge in [0.05, 0.1) is 12.1 Å². The maximum atomic E-state index is 12.9. The number of nitrogens with one attached hydrogen (secondary N) is 2. The molecule has 1 amide bonds. The predicted octanol–water partition coefficient (Wildman–Crippen LogP) is 1.93. The minimum absolute atomic E-state index is 0.0447. The number of amides is 1. The fourth-order valence-corrected chi connectivity index (χ4v) is 2.49. The molecule has 0 unspecified atom stereocenters. The fraction of sp³-hybridized carbons (Fsp3) is 0.250. The largest absolute Gasteiger partial charge is 0.364 e. The number of aryl methyl sites for hydroxylation is 1. The van der Waals surface area contributed by atoms with Gasteiger partial charge in [0.1, 0.15) is 0 Å².